The molecular weight excluding hydrogens is 328 g/mol. The van der Waals surface area contributed by atoms with Crippen molar-refractivity contribution in [2.75, 3.05) is 12.4 Å². The van der Waals surface area contributed by atoms with Crippen LogP contribution in [0.25, 0.3) is 11.1 Å². The lowest BCUT2D eigenvalue weighted by molar-refractivity contribution is 0.102. The number of carbonyl (C=O) groups excluding carboxylic acids is 1. The van der Waals surface area contributed by atoms with Gasteiger partial charge in [-0.15, -0.1) is 0 Å². The number of carbonyl (C=O) groups is 1. The average Bonchev–Trinajstić information content (AvgIpc) is 2.63. The minimum atomic E-state index is -0.294. The van der Waals surface area contributed by atoms with Crippen molar-refractivity contribution in [2.24, 2.45) is 0 Å². The summed E-state index contributed by atoms with van der Waals surface area (Å²) >= 11 is 6.13. The molecule has 1 N–H and O–H groups in total. The van der Waals surface area contributed by atoms with Gasteiger partial charge in [-0.25, -0.2) is 4.98 Å². The number of nitrogens with one attached hydrogen (secondary N) is 1. The van der Waals surface area contributed by atoms with Crippen molar-refractivity contribution in [2.45, 2.75) is 0 Å². The Morgan fingerprint density at radius 3 is 2.54 bits per heavy atom. The molecule has 0 aliphatic heterocycles. The van der Waals surface area contributed by atoms with E-state index in [0.29, 0.717) is 22.2 Å². The number of pyridine rings is 1. The quantitative estimate of drug-likeness (QED) is 0.787. The van der Waals surface area contributed by atoms with Crippen molar-refractivity contribution in [3.05, 3.63) is 65.6 Å². The van der Waals surface area contributed by atoms with E-state index < -0.39 is 0 Å². The molecule has 24 heavy (non-hydrogen) atoms. The van der Waals surface area contributed by atoms with Crippen molar-refractivity contribution in [1.29, 1.82) is 0 Å². The zero-order valence-corrected chi connectivity index (χ0v) is 13.5. The van der Waals surface area contributed by atoms with Crippen LogP contribution < -0.4 is 10.1 Å². The van der Waals surface area contributed by atoms with E-state index in [0.717, 1.165) is 11.1 Å². The molecule has 0 unspecified atom stereocenters. The number of nitrogens with zero attached hydrogens (tertiary/aromatic N) is 3. The summed E-state index contributed by atoms with van der Waals surface area (Å²) < 4.78 is 5.14. The Balaban J connectivity index is 1.76. The van der Waals surface area contributed by atoms with E-state index in [1.807, 2.05) is 12.1 Å². The lowest BCUT2D eigenvalue weighted by atomic mass is 10.1. The van der Waals surface area contributed by atoms with Gasteiger partial charge in [-0.1, -0.05) is 17.7 Å². The Morgan fingerprint density at radius 1 is 1.08 bits per heavy atom. The Bertz CT molecular complexity index is 854. The van der Waals surface area contributed by atoms with Crippen molar-refractivity contribution < 1.29 is 9.53 Å². The van der Waals surface area contributed by atoms with Crippen LogP contribution in [0, 0.1) is 0 Å². The van der Waals surface area contributed by atoms with Crippen LogP contribution in [0.3, 0.4) is 0 Å². The molecule has 0 radical (unpaired) electrons. The van der Waals surface area contributed by atoms with Gasteiger partial charge in [-0.3, -0.25) is 4.79 Å². The zero-order chi connectivity index (χ0) is 16.9. The van der Waals surface area contributed by atoms with E-state index in [4.69, 9.17) is 16.3 Å². The highest BCUT2D eigenvalue weighted by atomic mass is 35.5. The fourth-order valence-corrected chi connectivity index (χ4v) is 2.36. The van der Waals surface area contributed by atoms with Crippen molar-refractivity contribution in [3.8, 4) is 16.9 Å². The minimum absolute atomic E-state index is 0.294. The first-order valence-corrected chi connectivity index (χ1v) is 7.43. The van der Waals surface area contributed by atoms with E-state index in [1.54, 1.807) is 37.6 Å². The third-order valence-electron chi connectivity index (χ3n) is 3.34. The number of ether oxygens (including phenoxy) is 1. The average molecular weight is 341 g/mol. The maximum atomic E-state index is 12.0. The van der Waals surface area contributed by atoms with Gasteiger partial charge in [-0.2, -0.15) is 10.2 Å². The van der Waals surface area contributed by atoms with Gasteiger partial charge in [0.1, 0.15) is 11.6 Å². The fraction of sp³-hybridized carbons (Fsp3) is 0.0588. The molecule has 0 atom stereocenters. The topological polar surface area (TPSA) is 77.0 Å². The van der Waals surface area contributed by atoms with Gasteiger partial charge in [0.2, 0.25) is 0 Å². The third-order valence-corrected chi connectivity index (χ3v) is 3.63. The van der Waals surface area contributed by atoms with Gasteiger partial charge >= 0.3 is 0 Å². The summed E-state index contributed by atoms with van der Waals surface area (Å²) in [5.74, 6) is 0.765. The number of hydrogen-bond donors (Lipinski definition) is 1. The van der Waals surface area contributed by atoms with Crippen molar-refractivity contribution >= 4 is 23.3 Å². The Labute approximate surface area is 143 Å². The van der Waals surface area contributed by atoms with Crippen LogP contribution in [0.1, 0.15) is 10.4 Å². The molecule has 2 heterocycles. The molecule has 1 amide bonds. The van der Waals surface area contributed by atoms with Crippen LogP contribution in [0.2, 0.25) is 5.02 Å². The Morgan fingerprint density at radius 2 is 1.92 bits per heavy atom. The van der Waals surface area contributed by atoms with Crippen LogP contribution in [-0.4, -0.2) is 28.2 Å². The molecule has 3 rings (SSSR count). The van der Waals surface area contributed by atoms with Gasteiger partial charge < -0.3 is 10.1 Å². The minimum Gasteiger partial charge on any atom is -0.495 e. The van der Waals surface area contributed by atoms with E-state index in [2.05, 4.69) is 20.5 Å². The highest BCUT2D eigenvalue weighted by Gasteiger charge is 2.08. The van der Waals surface area contributed by atoms with Crippen LogP contribution in [0.5, 0.6) is 5.75 Å². The molecule has 0 saturated carbocycles. The molecule has 0 spiro atoms. The van der Waals surface area contributed by atoms with Crippen LogP contribution in [-0.2, 0) is 0 Å². The van der Waals surface area contributed by atoms with E-state index in [9.17, 15) is 4.79 Å². The second-order valence-corrected chi connectivity index (χ2v) is 5.27. The highest BCUT2D eigenvalue weighted by Crippen LogP contribution is 2.30. The van der Waals surface area contributed by atoms with Crippen LogP contribution in [0.15, 0.2) is 55.0 Å². The summed E-state index contributed by atoms with van der Waals surface area (Å²) in [5, 5.41) is 10.5. The Kier molecular flexibility index (Phi) is 4.67. The first-order chi connectivity index (χ1) is 11.7. The predicted octanol–water partition coefficient (Wildman–Crippen LogP) is 3.45. The number of methoxy groups -OCH3 is 1. The van der Waals surface area contributed by atoms with Gasteiger partial charge in [0.25, 0.3) is 5.91 Å². The maximum absolute atomic E-state index is 12.0. The maximum Gasteiger partial charge on any atom is 0.258 e. The summed E-state index contributed by atoms with van der Waals surface area (Å²) in [4.78, 5) is 16.3. The fourth-order valence-electron chi connectivity index (χ4n) is 2.10. The summed E-state index contributed by atoms with van der Waals surface area (Å²) in [5.41, 5.74) is 2.20. The lowest BCUT2D eigenvalue weighted by Gasteiger charge is -2.08. The molecule has 6 nitrogen and oxygen atoms in total. The zero-order valence-electron chi connectivity index (χ0n) is 12.7. The smallest absolute Gasteiger partial charge is 0.258 e. The molecule has 0 fully saturated rings. The van der Waals surface area contributed by atoms with Crippen LogP contribution >= 0.6 is 11.6 Å². The number of amides is 1. The first kappa shape index (κ1) is 15.9. The van der Waals surface area contributed by atoms with Gasteiger partial charge in [0.05, 0.1) is 30.1 Å². The molecule has 0 saturated heterocycles. The number of anilines is 1. The van der Waals surface area contributed by atoms with Gasteiger partial charge in [0, 0.05) is 11.8 Å². The number of hydrogen-bond acceptors (Lipinski definition) is 5. The second kappa shape index (κ2) is 7.06. The summed E-state index contributed by atoms with van der Waals surface area (Å²) in [6.07, 6.45) is 4.51. The highest BCUT2D eigenvalue weighted by molar-refractivity contribution is 6.32. The summed E-state index contributed by atoms with van der Waals surface area (Å²) in [7, 11) is 1.57. The molecule has 0 aliphatic rings. The Hall–Kier alpha value is -2.99. The molecular formula is C17H13ClN4O2. The molecule has 3 aromatic rings. The molecule has 1 aromatic carbocycles. The largest absolute Gasteiger partial charge is 0.495 e. The number of benzene rings is 1. The number of aromatic nitrogens is 3. The van der Waals surface area contributed by atoms with Gasteiger partial charge in [-0.05, 0) is 35.9 Å². The molecule has 120 valence electrons. The van der Waals surface area contributed by atoms with Crippen molar-refractivity contribution in [3.63, 3.8) is 0 Å². The van der Waals surface area contributed by atoms with E-state index in [-0.39, 0.29) is 5.91 Å². The summed E-state index contributed by atoms with van der Waals surface area (Å²) in [6, 6.07) is 10.6. The third kappa shape index (κ3) is 3.49. The normalized spacial score (nSPS) is 10.2. The number of halogens is 1. The predicted molar refractivity (Wildman–Crippen MR) is 91.2 cm³/mol. The summed E-state index contributed by atoms with van der Waals surface area (Å²) in [6.45, 7) is 0. The first-order valence-electron chi connectivity index (χ1n) is 7.05. The van der Waals surface area contributed by atoms with Gasteiger partial charge in [0.15, 0.2) is 0 Å². The molecule has 0 aliphatic carbocycles. The number of rotatable bonds is 4. The SMILES string of the molecule is COc1ccc(-c2ccc(NC(=O)c3ccnnc3)nc2)cc1Cl. The standard InChI is InChI=1S/C17H13ClN4O2/c1-24-15-4-2-11(8-14(15)18)12-3-5-16(19-9-12)22-17(23)13-6-7-20-21-10-13/h2-10H,1H3,(H,19,22,23). The lowest BCUT2D eigenvalue weighted by Crippen LogP contribution is -2.13. The van der Waals surface area contributed by atoms with E-state index in [1.165, 1.54) is 12.4 Å². The molecule has 7 heteroatoms. The molecule has 2 aromatic heterocycles. The van der Waals surface area contributed by atoms with Crippen molar-refractivity contribution in [1.82, 2.24) is 15.2 Å². The van der Waals surface area contributed by atoms with Crippen LogP contribution in [0.4, 0.5) is 5.82 Å². The van der Waals surface area contributed by atoms with E-state index >= 15 is 0 Å². The second-order valence-electron chi connectivity index (χ2n) is 4.87. The monoisotopic (exact) mass is 340 g/mol. The molecule has 0 bridgehead atoms.